The van der Waals surface area contributed by atoms with E-state index in [-0.39, 0.29) is 35.8 Å². The SMILES string of the molecule is N#Cc1ccc(NC(=O)C2(n3cc(C#CC4CN(c5ccc6c(c5)C(=O)N(C5CCC(=O)NC5=O)C6=O)C4)cn3)CCC2)cc1C1CC1. The molecule has 3 aromatic rings. The Bertz CT molecular complexity index is 2030. The molecule has 3 aliphatic heterocycles. The molecular formula is C36H31N7O5. The van der Waals surface area contributed by atoms with E-state index in [1.165, 1.54) is 0 Å². The molecule has 4 fully saturated rings. The van der Waals surface area contributed by atoms with Crippen LogP contribution in [0.4, 0.5) is 11.4 Å². The number of aromatic nitrogens is 2. The quantitative estimate of drug-likeness (QED) is 0.307. The molecule has 4 heterocycles. The fourth-order valence-electron chi connectivity index (χ4n) is 7.04. The van der Waals surface area contributed by atoms with Gasteiger partial charge in [-0.2, -0.15) is 10.4 Å². The number of nitrogens with zero attached hydrogens (tertiary/aromatic N) is 5. The van der Waals surface area contributed by atoms with Crippen molar-refractivity contribution in [3.63, 3.8) is 0 Å². The lowest BCUT2D eigenvalue weighted by atomic mass is 9.76. The summed E-state index contributed by atoms with van der Waals surface area (Å²) in [6.07, 6.45) is 8.10. The van der Waals surface area contributed by atoms with Gasteiger partial charge in [-0.25, -0.2) is 0 Å². The number of imide groups is 2. The highest BCUT2D eigenvalue weighted by Gasteiger charge is 2.47. The van der Waals surface area contributed by atoms with Crippen LogP contribution in [-0.2, 0) is 19.9 Å². The number of rotatable bonds is 6. The first-order valence-corrected chi connectivity index (χ1v) is 16.3. The van der Waals surface area contributed by atoms with Gasteiger partial charge in [0.05, 0.1) is 40.4 Å². The Morgan fingerprint density at radius 1 is 1.00 bits per heavy atom. The van der Waals surface area contributed by atoms with E-state index in [2.05, 4.69) is 38.5 Å². The van der Waals surface area contributed by atoms with E-state index in [1.807, 2.05) is 12.3 Å². The first-order valence-electron chi connectivity index (χ1n) is 16.3. The van der Waals surface area contributed by atoms with Gasteiger partial charge in [-0.1, -0.05) is 11.8 Å². The number of benzene rings is 2. The minimum atomic E-state index is -0.997. The molecule has 2 N–H and O–H groups in total. The van der Waals surface area contributed by atoms with Gasteiger partial charge in [0.15, 0.2) is 0 Å². The molecule has 0 bridgehead atoms. The maximum Gasteiger partial charge on any atom is 0.262 e. The molecule has 2 saturated carbocycles. The normalized spacial score (nSPS) is 21.4. The van der Waals surface area contributed by atoms with Crippen molar-refractivity contribution in [1.29, 1.82) is 5.26 Å². The molecule has 0 spiro atoms. The van der Waals surface area contributed by atoms with E-state index >= 15 is 0 Å². The summed E-state index contributed by atoms with van der Waals surface area (Å²) >= 11 is 0. The van der Waals surface area contributed by atoms with Crippen LogP contribution in [0.3, 0.4) is 0 Å². The van der Waals surface area contributed by atoms with Crippen LogP contribution in [-0.4, -0.2) is 63.3 Å². The number of carbonyl (C=O) groups is 5. The van der Waals surface area contributed by atoms with Gasteiger partial charge in [-0.15, -0.1) is 0 Å². The molecule has 2 aromatic carbocycles. The van der Waals surface area contributed by atoms with Crippen molar-refractivity contribution in [3.05, 3.63) is 76.6 Å². The van der Waals surface area contributed by atoms with Crippen molar-refractivity contribution < 1.29 is 24.0 Å². The molecule has 8 rings (SSSR count). The number of nitrogens with one attached hydrogen (secondary N) is 2. The lowest BCUT2D eigenvalue weighted by molar-refractivity contribution is -0.136. The number of fused-ring (bicyclic) bond motifs is 1. The third-order valence-corrected chi connectivity index (χ3v) is 10.2. The van der Waals surface area contributed by atoms with Crippen LogP contribution in [0.15, 0.2) is 48.8 Å². The zero-order chi connectivity index (χ0) is 33.2. The van der Waals surface area contributed by atoms with Crippen LogP contribution in [0.2, 0.25) is 0 Å². The fourth-order valence-corrected chi connectivity index (χ4v) is 7.04. The summed E-state index contributed by atoms with van der Waals surface area (Å²) in [5.74, 6) is 4.75. The second-order valence-corrected chi connectivity index (χ2v) is 13.2. The Morgan fingerprint density at radius 3 is 2.50 bits per heavy atom. The largest absolute Gasteiger partial charge is 0.369 e. The molecule has 1 atom stereocenters. The van der Waals surface area contributed by atoms with Gasteiger partial charge in [0.25, 0.3) is 17.7 Å². The molecule has 2 aliphatic carbocycles. The van der Waals surface area contributed by atoms with Gasteiger partial charge < -0.3 is 10.2 Å². The third kappa shape index (κ3) is 4.92. The van der Waals surface area contributed by atoms with E-state index < -0.39 is 35.2 Å². The van der Waals surface area contributed by atoms with E-state index in [9.17, 15) is 29.2 Å². The molecule has 5 amide bonds. The van der Waals surface area contributed by atoms with Crippen LogP contribution in [0, 0.1) is 29.1 Å². The molecular weight excluding hydrogens is 610 g/mol. The second kappa shape index (κ2) is 11.2. The van der Waals surface area contributed by atoms with Crippen LogP contribution < -0.4 is 15.5 Å². The summed E-state index contributed by atoms with van der Waals surface area (Å²) in [5.41, 5.74) is 3.59. The van der Waals surface area contributed by atoms with E-state index in [0.29, 0.717) is 43.1 Å². The topological polar surface area (TPSA) is 158 Å². The Morgan fingerprint density at radius 2 is 1.79 bits per heavy atom. The molecule has 12 heteroatoms. The average Bonchev–Trinajstić information content (AvgIpc) is 3.73. The fraction of sp³-hybridized carbons (Fsp3) is 0.361. The summed E-state index contributed by atoms with van der Waals surface area (Å²) in [7, 11) is 0. The standard InChI is InChI=1S/C36H31N7O5/c37-16-24-6-7-25(14-28(24)23-4-5-23)39-35(48)36(12-1-13-36)42-20-21(17-38-42)2-3-22-18-41(19-22)26-8-9-27-29(15-26)34(47)43(33(27)46)30-10-11-31(44)40-32(30)45/h6-9,14-15,17,20,22-23,30H,1,4-5,10-13,18-19H2,(H,39,48)(H,40,44,45). The first kappa shape index (κ1) is 29.6. The van der Waals surface area contributed by atoms with Crippen molar-refractivity contribution in [3.8, 4) is 17.9 Å². The van der Waals surface area contributed by atoms with Crippen LogP contribution in [0.1, 0.15) is 88.3 Å². The van der Waals surface area contributed by atoms with Gasteiger partial charge >= 0.3 is 0 Å². The summed E-state index contributed by atoms with van der Waals surface area (Å²) in [5, 5.41) is 19.3. The van der Waals surface area contributed by atoms with Crippen LogP contribution in [0.5, 0.6) is 0 Å². The second-order valence-electron chi connectivity index (χ2n) is 13.2. The Kier molecular flexibility index (Phi) is 6.91. The molecule has 240 valence electrons. The van der Waals surface area contributed by atoms with E-state index in [0.717, 1.165) is 41.0 Å². The summed E-state index contributed by atoms with van der Waals surface area (Å²) in [6, 6.07) is 11.8. The van der Waals surface area contributed by atoms with Crippen LogP contribution >= 0.6 is 0 Å². The highest BCUT2D eigenvalue weighted by Crippen LogP contribution is 2.43. The summed E-state index contributed by atoms with van der Waals surface area (Å²) < 4.78 is 1.73. The van der Waals surface area contributed by atoms with E-state index in [1.54, 1.807) is 41.2 Å². The molecule has 5 aliphatic rings. The molecule has 12 nitrogen and oxygen atoms in total. The predicted octanol–water partition coefficient (Wildman–Crippen LogP) is 3.04. The minimum absolute atomic E-state index is 0.0726. The number of piperidine rings is 1. The molecule has 2 saturated heterocycles. The highest BCUT2D eigenvalue weighted by atomic mass is 16.2. The van der Waals surface area contributed by atoms with Crippen molar-refractivity contribution in [1.82, 2.24) is 20.0 Å². The van der Waals surface area contributed by atoms with E-state index in [4.69, 9.17) is 0 Å². The van der Waals surface area contributed by atoms with Crippen molar-refractivity contribution in [2.45, 2.75) is 62.4 Å². The predicted molar refractivity (Wildman–Crippen MR) is 172 cm³/mol. The summed E-state index contributed by atoms with van der Waals surface area (Å²) in [6.45, 7) is 1.28. The Balaban J connectivity index is 0.906. The highest BCUT2D eigenvalue weighted by molar-refractivity contribution is 6.23. The first-order chi connectivity index (χ1) is 23.2. The molecule has 0 radical (unpaired) electrons. The average molecular weight is 642 g/mol. The smallest absolute Gasteiger partial charge is 0.262 e. The Labute approximate surface area is 276 Å². The maximum atomic E-state index is 13.6. The summed E-state index contributed by atoms with van der Waals surface area (Å²) in [4.78, 5) is 66.7. The van der Waals surface area contributed by atoms with Crippen molar-refractivity contribution >= 4 is 40.9 Å². The van der Waals surface area contributed by atoms with Crippen LogP contribution in [0.25, 0.3) is 0 Å². The number of nitriles is 1. The van der Waals surface area contributed by atoms with Gasteiger partial charge in [0.1, 0.15) is 11.6 Å². The lowest BCUT2D eigenvalue weighted by Crippen LogP contribution is -2.54. The van der Waals surface area contributed by atoms with Crippen molar-refractivity contribution in [2.75, 3.05) is 23.3 Å². The number of carbonyl (C=O) groups excluding carboxylic acids is 5. The van der Waals surface area contributed by atoms with Gasteiger partial charge in [-0.3, -0.25) is 38.9 Å². The van der Waals surface area contributed by atoms with Gasteiger partial charge in [0.2, 0.25) is 11.8 Å². The van der Waals surface area contributed by atoms with Crippen molar-refractivity contribution in [2.24, 2.45) is 5.92 Å². The zero-order valence-electron chi connectivity index (χ0n) is 26.0. The lowest BCUT2D eigenvalue weighted by Gasteiger charge is -2.40. The monoisotopic (exact) mass is 641 g/mol. The molecule has 1 aromatic heterocycles. The number of anilines is 2. The number of amides is 5. The Hall–Kier alpha value is -5.75. The molecule has 48 heavy (non-hydrogen) atoms. The maximum absolute atomic E-state index is 13.6. The number of hydrogen-bond acceptors (Lipinski definition) is 8. The van der Waals surface area contributed by atoms with Gasteiger partial charge in [0, 0.05) is 37.1 Å². The van der Waals surface area contributed by atoms with Gasteiger partial charge in [-0.05, 0) is 86.4 Å². The minimum Gasteiger partial charge on any atom is -0.369 e. The third-order valence-electron chi connectivity index (χ3n) is 10.2. The number of hydrogen-bond donors (Lipinski definition) is 2. The molecule has 1 unspecified atom stereocenters. The zero-order valence-corrected chi connectivity index (χ0v) is 26.0.